The lowest BCUT2D eigenvalue weighted by Gasteiger charge is -2.14. The first-order valence-corrected chi connectivity index (χ1v) is 5.91. The van der Waals surface area contributed by atoms with Crippen molar-refractivity contribution < 1.29 is 4.74 Å². The standard InChI is InChI=1S/C14H19N3O/c1-9-5-6-12(18-4)10(7-9)11-8-16-13(17-11)14(2,3)15/h5-8H,15H2,1-4H3,(H,16,17). The lowest BCUT2D eigenvalue weighted by molar-refractivity contribution is 0.416. The average molecular weight is 245 g/mol. The van der Waals surface area contributed by atoms with Crippen molar-refractivity contribution in [2.75, 3.05) is 7.11 Å². The normalized spacial score (nSPS) is 11.6. The molecule has 0 amide bonds. The Morgan fingerprint density at radius 3 is 2.61 bits per heavy atom. The highest BCUT2D eigenvalue weighted by molar-refractivity contribution is 5.67. The van der Waals surface area contributed by atoms with Gasteiger partial charge in [0, 0.05) is 5.56 Å². The van der Waals surface area contributed by atoms with Crippen LogP contribution in [0.15, 0.2) is 24.4 Å². The Labute approximate surface area is 107 Å². The maximum atomic E-state index is 6.02. The predicted molar refractivity (Wildman–Crippen MR) is 72.5 cm³/mol. The molecule has 3 N–H and O–H groups in total. The van der Waals surface area contributed by atoms with Crippen LogP contribution in [0.4, 0.5) is 0 Å². The van der Waals surface area contributed by atoms with E-state index in [0.717, 1.165) is 22.8 Å². The molecule has 0 unspecified atom stereocenters. The quantitative estimate of drug-likeness (QED) is 0.873. The SMILES string of the molecule is COc1ccc(C)cc1-c1cnc(C(C)(C)N)[nH]1. The van der Waals surface area contributed by atoms with Crippen LogP contribution in [0.1, 0.15) is 25.2 Å². The summed E-state index contributed by atoms with van der Waals surface area (Å²) in [5.41, 5.74) is 8.64. The van der Waals surface area contributed by atoms with Gasteiger partial charge in [-0.1, -0.05) is 11.6 Å². The Kier molecular flexibility index (Phi) is 3.13. The van der Waals surface area contributed by atoms with Gasteiger partial charge in [0.15, 0.2) is 0 Å². The molecule has 0 spiro atoms. The minimum atomic E-state index is -0.477. The van der Waals surface area contributed by atoms with Crippen LogP contribution in [0.2, 0.25) is 0 Å². The number of benzene rings is 1. The topological polar surface area (TPSA) is 63.9 Å². The Bertz CT molecular complexity index is 552. The molecule has 4 heteroatoms. The third-order valence-corrected chi connectivity index (χ3v) is 2.83. The number of ether oxygens (including phenoxy) is 1. The van der Waals surface area contributed by atoms with E-state index in [1.165, 1.54) is 5.56 Å². The molecule has 18 heavy (non-hydrogen) atoms. The zero-order chi connectivity index (χ0) is 13.3. The van der Waals surface area contributed by atoms with Crippen LogP contribution in [-0.2, 0) is 5.54 Å². The van der Waals surface area contributed by atoms with Crippen molar-refractivity contribution in [3.05, 3.63) is 35.8 Å². The number of nitrogens with zero attached hydrogens (tertiary/aromatic N) is 1. The van der Waals surface area contributed by atoms with Crippen molar-refractivity contribution in [1.82, 2.24) is 9.97 Å². The fraction of sp³-hybridized carbons (Fsp3) is 0.357. The van der Waals surface area contributed by atoms with E-state index < -0.39 is 5.54 Å². The fourth-order valence-electron chi connectivity index (χ4n) is 1.82. The summed E-state index contributed by atoms with van der Waals surface area (Å²) in [7, 11) is 1.66. The molecule has 1 aromatic carbocycles. The maximum Gasteiger partial charge on any atom is 0.128 e. The van der Waals surface area contributed by atoms with Gasteiger partial charge in [0.1, 0.15) is 11.6 Å². The van der Waals surface area contributed by atoms with Crippen molar-refractivity contribution in [2.24, 2.45) is 5.73 Å². The Balaban J connectivity index is 2.49. The van der Waals surface area contributed by atoms with Crippen LogP contribution >= 0.6 is 0 Å². The number of aromatic amines is 1. The van der Waals surface area contributed by atoms with Gasteiger partial charge in [-0.05, 0) is 32.9 Å². The molecule has 0 fully saturated rings. The lowest BCUT2D eigenvalue weighted by Crippen LogP contribution is -2.30. The summed E-state index contributed by atoms with van der Waals surface area (Å²) < 4.78 is 5.37. The van der Waals surface area contributed by atoms with E-state index in [2.05, 4.69) is 16.0 Å². The highest BCUT2D eigenvalue weighted by atomic mass is 16.5. The van der Waals surface area contributed by atoms with E-state index in [0.29, 0.717) is 0 Å². The first kappa shape index (κ1) is 12.6. The highest BCUT2D eigenvalue weighted by Crippen LogP contribution is 2.30. The van der Waals surface area contributed by atoms with Crippen molar-refractivity contribution >= 4 is 0 Å². The summed E-state index contributed by atoms with van der Waals surface area (Å²) in [4.78, 5) is 7.59. The van der Waals surface area contributed by atoms with Gasteiger partial charge in [0.05, 0.1) is 24.5 Å². The van der Waals surface area contributed by atoms with Gasteiger partial charge in [-0.15, -0.1) is 0 Å². The molecule has 4 nitrogen and oxygen atoms in total. The van der Waals surface area contributed by atoms with Crippen LogP contribution in [0, 0.1) is 6.92 Å². The predicted octanol–water partition coefficient (Wildman–Crippen LogP) is 2.59. The van der Waals surface area contributed by atoms with Gasteiger partial charge in [0.25, 0.3) is 0 Å². The molecule has 0 saturated carbocycles. The number of aryl methyl sites for hydroxylation is 1. The molecule has 0 saturated heterocycles. The number of H-pyrrole nitrogens is 1. The van der Waals surface area contributed by atoms with E-state index in [9.17, 15) is 0 Å². The zero-order valence-electron chi connectivity index (χ0n) is 11.2. The second kappa shape index (κ2) is 4.46. The number of aromatic nitrogens is 2. The Morgan fingerprint density at radius 2 is 2.06 bits per heavy atom. The molecule has 1 aromatic heterocycles. The third kappa shape index (κ3) is 2.38. The number of imidazole rings is 1. The highest BCUT2D eigenvalue weighted by Gasteiger charge is 2.19. The first-order valence-electron chi connectivity index (χ1n) is 5.91. The van der Waals surface area contributed by atoms with Gasteiger partial charge in [-0.2, -0.15) is 0 Å². The average Bonchev–Trinajstić information content (AvgIpc) is 2.77. The second-order valence-electron chi connectivity index (χ2n) is 5.07. The molecule has 96 valence electrons. The van der Waals surface area contributed by atoms with E-state index in [-0.39, 0.29) is 0 Å². The summed E-state index contributed by atoms with van der Waals surface area (Å²) >= 11 is 0. The number of hydrogen-bond donors (Lipinski definition) is 2. The third-order valence-electron chi connectivity index (χ3n) is 2.83. The van der Waals surface area contributed by atoms with Crippen LogP contribution < -0.4 is 10.5 Å². The molecule has 0 aliphatic carbocycles. The van der Waals surface area contributed by atoms with Gasteiger partial charge in [0.2, 0.25) is 0 Å². The van der Waals surface area contributed by atoms with Crippen LogP contribution in [0.3, 0.4) is 0 Å². The van der Waals surface area contributed by atoms with Crippen molar-refractivity contribution in [1.29, 1.82) is 0 Å². The van der Waals surface area contributed by atoms with Crippen LogP contribution in [0.25, 0.3) is 11.3 Å². The van der Waals surface area contributed by atoms with E-state index in [4.69, 9.17) is 10.5 Å². The Hall–Kier alpha value is -1.81. The van der Waals surface area contributed by atoms with Gasteiger partial charge in [-0.3, -0.25) is 0 Å². The second-order valence-corrected chi connectivity index (χ2v) is 5.07. The van der Waals surface area contributed by atoms with Crippen molar-refractivity contribution in [3.63, 3.8) is 0 Å². The van der Waals surface area contributed by atoms with E-state index in [1.54, 1.807) is 13.3 Å². The molecule has 1 heterocycles. The first-order chi connectivity index (χ1) is 8.41. The summed E-state index contributed by atoms with van der Waals surface area (Å²) in [6.45, 7) is 5.89. The monoisotopic (exact) mass is 245 g/mol. The largest absolute Gasteiger partial charge is 0.496 e. The molecule has 0 bridgehead atoms. The summed E-state index contributed by atoms with van der Waals surface area (Å²) in [6.07, 6.45) is 1.79. The molecule has 2 rings (SSSR count). The number of nitrogens with one attached hydrogen (secondary N) is 1. The smallest absolute Gasteiger partial charge is 0.128 e. The van der Waals surface area contributed by atoms with Gasteiger partial charge >= 0.3 is 0 Å². The van der Waals surface area contributed by atoms with Gasteiger partial charge < -0.3 is 15.5 Å². The van der Waals surface area contributed by atoms with Crippen molar-refractivity contribution in [3.8, 4) is 17.0 Å². The number of methoxy groups -OCH3 is 1. The van der Waals surface area contributed by atoms with Crippen LogP contribution in [0.5, 0.6) is 5.75 Å². The molecule has 2 aromatic rings. The molecule has 0 atom stereocenters. The Morgan fingerprint density at radius 1 is 1.33 bits per heavy atom. The van der Waals surface area contributed by atoms with E-state index >= 15 is 0 Å². The van der Waals surface area contributed by atoms with Crippen LogP contribution in [-0.4, -0.2) is 17.1 Å². The van der Waals surface area contributed by atoms with Crippen molar-refractivity contribution in [2.45, 2.75) is 26.3 Å². The molecule has 0 aliphatic rings. The molecular formula is C14H19N3O. The summed E-state index contributed by atoms with van der Waals surface area (Å²) in [6, 6.07) is 6.05. The molecular weight excluding hydrogens is 226 g/mol. The number of rotatable bonds is 3. The number of hydrogen-bond acceptors (Lipinski definition) is 3. The minimum absolute atomic E-state index is 0.477. The summed E-state index contributed by atoms with van der Waals surface area (Å²) in [5.74, 6) is 1.59. The maximum absolute atomic E-state index is 6.02. The molecule has 0 radical (unpaired) electrons. The van der Waals surface area contributed by atoms with E-state index in [1.807, 2.05) is 32.9 Å². The minimum Gasteiger partial charge on any atom is -0.496 e. The fourth-order valence-corrected chi connectivity index (χ4v) is 1.82. The van der Waals surface area contributed by atoms with Gasteiger partial charge in [-0.25, -0.2) is 4.98 Å². The number of nitrogens with two attached hydrogens (primary N) is 1. The summed E-state index contributed by atoms with van der Waals surface area (Å²) in [5, 5.41) is 0. The zero-order valence-corrected chi connectivity index (χ0v) is 11.2. The lowest BCUT2D eigenvalue weighted by atomic mass is 10.1. The molecule has 0 aliphatic heterocycles.